The van der Waals surface area contributed by atoms with Gasteiger partial charge in [0.1, 0.15) is 0 Å². The molecule has 1 aromatic carbocycles. The Hall–Kier alpha value is -0.900. The average Bonchev–Trinajstić information content (AvgIpc) is 2.70. The summed E-state index contributed by atoms with van der Waals surface area (Å²) in [6.07, 6.45) is 5.09. The van der Waals surface area contributed by atoms with Gasteiger partial charge in [-0.05, 0) is 38.3 Å². The van der Waals surface area contributed by atoms with Crippen LogP contribution in [0, 0.1) is 6.92 Å². The number of aliphatic hydroxyl groups excluding tert-OH is 2. The smallest absolute Gasteiger partial charge is 0.0802 e. The van der Waals surface area contributed by atoms with Gasteiger partial charge >= 0.3 is 0 Å². The molecule has 0 spiro atoms. The molecule has 20 heavy (non-hydrogen) atoms. The van der Waals surface area contributed by atoms with E-state index in [1.807, 2.05) is 24.3 Å². The van der Waals surface area contributed by atoms with Crippen LogP contribution in [0.25, 0.3) is 0 Å². The highest BCUT2D eigenvalue weighted by atomic mass is 16.3. The van der Waals surface area contributed by atoms with Crippen molar-refractivity contribution in [3.05, 3.63) is 35.4 Å². The third kappa shape index (κ3) is 4.30. The summed E-state index contributed by atoms with van der Waals surface area (Å²) in [7, 11) is 0. The fraction of sp³-hybridized carbons (Fsp3) is 0.647. The first kappa shape index (κ1) is 15.5. The number of aryl methyl sites for hydroxylation is 1. The molecule has 3 nitrogen and oxygen atoms in total. The number of aliphatic hydroxyl groups is 2. The largest absolute Gasteiger partial charge is 0.395 e. The minimum Gasteiger partial charge on any atom is -0.395 e. The standard InChI is InChI=1S/C17H27NO2/c1-14-6-8-15(9-7-14)17(20)10-12-18-11-4-2-3-5-16(18)13-19/h6-9,16-17,19-20H,2-5,10-13H2,1H3. The van der Waals surface area contributed by atoms with Gasteiger partial charge in [-0.3, -0.25) is 4.90 Å². The molecule has 0 bridgehead atoms. The van der Waals surface area contributed by atoms with Crippen LogP contribution in [0.1, 0.15) is 49.3 Å². The highest BCUT2D eigenvalue weighted by Crippen LogP contribution is 2.21. The van der Waals surface area contributed by atoms with Gasteiger partial charge in [-0.25, -0.2) is 0 Å². The Morgan fingerprint density at radius 2 is 1.95 bits per heavy atom. The summed E-state index contributed by atoms with van der Waals surface area (Å²) in [5, 5.41) is 19.8. The Kier molecular flexibility index (Phi) is 6.02. The molecule has 2 N–H and O–H groups in total. The molecule has 2 atom stereocenters. The molecular weight excluding hydrogens is 250 g/mol. The predicted octanol–water partition coefficient (Wildman–Crippen LogP) is 2.66. The van der Waals surface area contributed by atoms with E-state index >= 15 is 0 Å². The number of benzene rings is 1. The van der Waals surface area contributed by atoms with E-state index < -0.39 is 6.10 Å². The summed E-state index contributed by atoms with van der Waals surface area (Å²) in [4.78, 5) is 2.35. The minimum absolute atomic E-state index is 0.237. The van der Waals surface area contributed by atoms with Crippen molar-refractivity contribution < 1.29 is 10.2 Å². The Balaban J connectivity index is 1.87. The van der Waals surface area contributed by atoms with Crippen LogP contribution in [0.3, 0.4) is 0 Å². The van der Waals surface area contributed by atoms with Crippen molar-refractivity contribution in [2.75, 3.05) is 19.7 Å². The molecule has 3 heteroatoms. The van der Waals surface area contributed by atoms with E-state index in [1.54, 1.807) is 0 Å². The normalized spacial score (nSPS) is 22.4. The molecule has 0 aromatic heterocycles. The van der Waals surface area contributed by atoms with Gasteiger partial charge < -0.3 is 10.2 Å². The van der Waals surface area contributed by atoms with E-state index in [0.717, 1.165) is 31.5 Å². The minimum atomic E-state index is -0.404. The molecule has 1 aliphatic heterocycles. The van der Waals surface area contributed by atoms with E-state index in [0.29, 0.717) is 0 Å². The first-order chi connectivity index (χ1) is 9.70. The number of hydrogen-bond acceptors (Lipinski definition) is 3. The average molecular weight is 277 g/mol. The van der Waals surface area contributed by atoms with Crippen LogP contribution in [0.2, 0.25) is 0 Å². The second-order valence-corrected chi connectivity index (χ2v) is 5.94. The third-order valence-corrected chi connectivity index (χ3v) is 4.36. The zero-order chi connectivity index (χ0) is 14.4. The van der Waals surface area contributed by atoms with Crippen molar-refractivity contribution in [2.45, 2.75) is 51.2 Å². The molecular formula is C17H27NO2. The maximum atomic E-state index is 10.3. The molecule has 2 unspecified atom stereocenters. The van der Waals surface area contributed by atoms with Gasteiger partial charge in [0.2, 0.25) is 0 Å². The molecule has 1 fully saturated rings. The lowest BCUT2D eigenvalue weighted by Crippen LogP contribution is -2.38. The number of likely N-dealkylation sites (tertiary alicyclic amines) is 1. The summed E-state index contributed by atoms with van der Waals surface area (Å²) >= 11 is 0. The van der Waals surface area contributed by atoms with E-state index in [2.05, 4.69) is 11.8 Å². The van der Waals surface area contributed by atoms with Gasteiger partial charge in [0, 0.05) is 12.6 Å². The quantitative estimate of drug-likeness (QED) is 0.869. The van der Waals surface area contributed by atoms with E-state index in [9.17, 15) is 10.2 Å². The summed E-state index contributed by atoms with van der Waals surface area (Å²) in [5.74, 6) is 0. The van der Waals surface area contributed by atoms with Crippen LogP contribution in [0.4, 0.5) is 0 Å². The molecule has 0 radical (unpaired) electrons. The summed E-state index contributed by atoms with van der Waals surface area (Å²) in [5.41, 5.74) is 2.21. The monoisotopic (exact) mass is 277 g/mol. The second-order valence-electron chi connectivity index (χ2n) is 5.94. The van der Waals surface area contributed by atoms with Gasteiger partial charge in [-0.15, -0.1) is 0 Å². The fourth-order valence-corrected chi connectivity index (χ4v) is 2.98. The molecule has 1 aliphatic rings. The maximum absolute atomic E-state index is 10.3. The SMILES string of the molecule is Cc1ccc(C(O)CCN2CCCCCC2CO)cc1. The fourth-order valence-electron chi connectivity index (χ4n) is 2.98. The highest BCUT2D eigenvalue weighted by Gasteiger charge is 2.21. The molecule has 1 saturated heterocycles. The van der Waals surface area contributed by atoms with E-state index in [-0.39, 0.29) is 12.6 Å². The Morgan fingerprint density at radius 3 is 2.65 bits per heavy atom. The van der Waals surface area contributed by atoms with Gasteiger partial charge in [0.05, 0.1) is 12.7 Å². The lowest BCUT2D eigenvalue weighted by molar-refractivity contribution is 0.0947. The Labute approximate surface area is 122 Å². The summed E-state index contributed by atoms with van der Waals surface area (Å²) < 4.78 is 0. The lowest BCUT2D eigenvalue weighted by atomic mass is 10.0. The first-order valence-corrected chi connectivity index (χ1v) is 7.80. The van der Waals surface area contributed by atoms with Crippen LogP contribution in [0.15, 0.2) is 24.3 Å². The van der Waals surface area contributed by atoms with Crippen molar-refractivity contribution in [1.29, 1.82) is 0 Å². The van der Waals surface area contributed by atoms with Crippen molar-refractivity contribution in [3.8, 4) is 0 Å². The van der Waals surface area contributed by atoms with Crippen LogP contribution >= 0.6 is 0 Å². The summed E-state index contributed by atoms with van der Waals surface area (Å²) in [6, 6.07) is 8.38. The van der Waals surface area contributed by atoms with Crippen LogP contribution in [-0.2, 0) is 0 Å². The van der Waals surface area contributed by atoms with Gasteiger partial charge in [0.25, 0.3) is 0 Å². The Bertz CT molecular complexity index is 390. The molecule has 1 aromatic rings. The topological polar surface area (TPSA) is 43.7 Å². The number of hydrogen-bond donors (Lipinski definition) is 2. The van der Waals surface area contributed by atoms with E-state index in [4.69, 9.17) is 0 Å². The Morgan fingerprint density at radius 1 is 1.20 bits per heavy atom. The first-order valence-electron chi connectivity index (χ1n) is 7.80. The van der Waals surface area contributed by atoms with Gasteiger partial charge in [-0.1, -0.05) is 42.7 Å². The van der Waals surface area contributed by atoms with Crippen LogP contribution < -0.4 is 0 Å². The maximum Gasteiger partial charge on any atom is 0.0802 e. The summed E-state index contributed by atoms with van der Waals surface area (Å²) in [6.45, 7) is 4.20. The molecule has 112 valence electrons. The highest BCUT2D eigenvalue weighted by molar-refractivity contribution is 5.23. The molecule has 0 amide bonds. The van der Waals surface area contributed by atoms with Gasteiger partial charge in [0.15, 0.2) is 0 Å². The van der Waals surface area contributed by atoms with E-state index in [1.165, 1.54) is 24.8 Å². The zero-order valence-electron chi connectivity index (χ0n) is 12.5. The third-order valence-electron chi connectivity index (χ3n) is 4.36. The van der Waals surface area contributed by atoms with Crippen molar-refractivity contribution >= 4 is 0 Å². The number of rotatable bonds is 5. The molecule has 1 heterocycles. The molecule has 2 rings (SSSR count). The molecule has 0 aliphatic carbocycles. The van der Waals surface area contributed by atoms with Crippen LogP contribution in [0.5, 0.6) is 0 Å². The lowest BCUT2D eigenvalue weighted by Gasteiger charge is -2.29. The van der Waals surface area contributed by atoms with Crippen molar-refractivity contribution in [2.24, 2.45) is 0 Å². The molecule has 0 saturated carbocycles. The number of nitrogens with zero attached hydrogens (tertiary/aromatic N) is 1. The van der Waals surface area contributed by atoms with Gasteiger partial charge in [-0.2, -0.15) is 0 Å². The van der Waals surface area contributed by atoms with Crippen molar-refractivity contribution in [3.63, 3.8) is 0 Å². The zero-order valence-corrected chi connectivity index (χ0v) is 12.5. The van der Waals surface area contributed by atoms with Crippen LogP contribution in [-0.4, -0.2) is 40.9 Å². The second kappa shape index (κ2) is 7.77. The predicted molar refractivity (Wildman–Crippen MR) is 81.7 cm³/mol. The van der Waals surface area contributed by atoms with Crippen molar-refractivity contribution in [1.82, 2.24) is 4.90 Å².